The van der Waals surface area contributed by atoms with Crippen molar-refractivity contribution in [3.8, 4) is 5.88 Å². The number of nitrogens with one attached hydrogen (secondary N) is 2. The number of pyridine rings is 1. The molecule has 0 saturated carbocycles. The van der Waals surface area contributed by atoms with Gasteiger partial charge in [-0.15, -0.1) is 0 Å². The highest BCUT2D eigenvalue weighted by molar-refractivity contribution is 9.10. The third-order valence-electron chi connectivity index (χ3n) is 3.56. The summed E-state index contributed by atoms with van der Waals surface area (Å²) in [6.45, 7) is 5.28. The molecule has 0 aliphatic rings. The Labute approximate surface area is 173 Å². The van der Waals surface area contributed by atoms with Crippen LogP contribution in [0.2, 0.25) is 0 Å². The Hall–Kier alpha value is -2.61. The highest BCUT2D eigenvalue weighted by Crippen LogP contribution is 2.25. The third-order valence-corrected chi connectivity index (χ3v) is 3.99. The first kappa shape index (κ1) is 21.7. The summed E-state index contributed by atoms with van der Waals surface area (Å²) in [5.74, 6) is -0.139. The van der Waals surface area contributed by atoms with Crippen LogP contribution in [0.1, 0.15) is 26.3 Å². The first-order valence-electron chi connectivity index (χ1n) is 8.72. The molecule has 1 heterocycles. The molecule has 7 nitrogen and oxygen atoms in total. The Bertz CT molecular complexity index is 822. The van der Waals surface area contributed by atoms with Crippen LogP contribution in [-0.4, -0.2) is 35.7 Å². The molecule has 2 rings (SSSR count). The van der Waals surface area contributed by atoms with E-state index >= 15 is 0 Å². The number of methoxy groups -OCH3 is 1. The second-order valence-electron chi connectivity index (χ2n) is 7.09. The average molecular weight is 450 g/mol. The lowest BCUT2D eigenvalue weighted by Gasteiger charge is -2.23. The first-order valence-corrected chi connectivity index (χ1v) is 9.51. The van der Waals surface area contributed by atoms with E-state index in [1.54, 1.807) is 33.0 Å². The van der Waals surface area contributed by atoms with Crippen LogP contribution >= 0.6 is 15.9 Å². The molecule has 0 spiro atoms. The summed E-state index contributed by atoms with van der Waals surface area (Å²) >= 11 is 3.32. The minimum atomic E-state index is -0.846. The Kier molecular flexibility index (Phi) is 7.39. The fourth-order valence-electron chi connectivity index (χ4n) is 2.41. The van der Waals surface area contributed by atoms with Crippen molar-refractivity contribution in [2.45, 2.75) is 38.8 Å². The highest BCUT2D eigenvalue weighted by Gasteiger charge is 2.25. The van der Waals surface area contributed by atoms with Gasteiger partial charge in [0.1, 0.15) is 17.3 Å². The molecule has 0 fully saturated rings. The molecule has 2 N–H and O–H groups in total. The second-order valence-corrected chi connectivity index (χ2v) is 8.00. The molecule has 2 amide bonds. The maximum Gasteiger partial charge on any atom is 0.408 e. The molecule has 1 aromatic heterocycles. The molecule has 0 saturated heterocycles. The molecule has 8 heteroatoms. The van der Waals surface area contributed by atoms with Gasteiger partial charge in [-0.25, -0.2) is 9.78 Å². The molecule has 2 aromatic rings. The number of rotatable bonds is 6. The van der Waals surface area contributed by atoms with E-state index in [1.807, 2.05) is 30.3 Å². The quantitative estimate of drug-likeness (QED) is 0.696. The van der Waals surface area contributed by atoms with Gasteiger partial charge >= 0.3 is 6.09 Å². The summed E-state index contributed by atoms with van der Waals surface area (Å²) in [6.07, 6.45) is 1.20. The Balaban J connectivity index is 2.21. The maximum absolute atomic E-state index is 12.9. The number of ether oxygens (including phenoxy) is 2. The number of hydrogen-bond donors (Lipinski definition) is 2. The summed E-state index contributed by atoms with van der Waals surface area (Å²) in [7, 11) is 1.46. The molecule has 28 heavy (non-hydrogen) atoms. The number of benzene rings is 1. The molecule has 0 radical (unpaired) electrons. The number of nitrogens with zero attached hydrogens (tertiary/aromatic N) is 1. The van der Waals surface area contributed by atoms with Crippen LogP contribution < -0.4 is 15.4 Å². The zero-order valence-corrected chi connectivity index (χ0v) is 17.9. The lowest BCUT2D eigenvalue weighted by Crippen LogP contribution is -2.47. The molecule has 1 aromatic carbocycles. The smallest absolute Gasteiger partial charge is 0.408 e. The highest BCUT2D eigenvalue weighted by atomic mass is 79.9. The van der Waals surface area contributed by atoms with Crippen LogP contribution in [-0.2, 0) is 16.0 Å². The largest absolute Gasteiger partial charge is 0.480 e. The summed E-state index contributed by atoms with van der Waals surface area (Å²) in [5, 5.41) is 5.41. The number of carbonyl (C=O) groups is 2. The van der Waals surface area contributed by atoms with Gasteiger partial charge in [0, 0.05) is 17.1 Å². The van der Waals surface area contributed by atoms with Crippen LogP contribution in [0.15, 0.2) is 47.1 Å². The predicted molar refractivity (Wildman–Crippen MR) is 110 cm³/mol. The van der Waals surface area contributed by atoms with Crippen molar-refractivity contribution in [3.63, 3.8) is 0 Å². The van der Waals surface area contributed by atoms with E-state index in [9.17, 15) is 9.59 Å². The Morgan fingerprint density at radius 1 is 1.21 bits per heavy atom. The van der Waals surface area contributed by atoms with Gasteiger partial charge in [-0.05, 0) is 48.3 Å². The molecule has 1 atom stereocenters. The van der Waals surface area contributed by atoms with Crippen LogP contribution in [0.25, 0.3) is 0 Å². The summed E-state index contributed by atoms with van der Waals surface area (Å²) in [4.78, 5) is 29.3. The van der Waals surface area contributed by atoms with E-state index in [4.69, 9.17) is 9.47 Å². The lowest BCUT2D eigenvalue weighted by atomic mass is 10.1. The van der Waals surface area contributed by atoms with Crippen LogP contribution in [0, 0.1) is 0 Å². The van der Waals surface area contributed by atoms with Gasteiger partial charge in [0.15, 0.2) is 0 Å². The van der Waals surface area contributed by atoms with Crippen molar-refractivity contribution in [2.75, 3.05) is 12.4 Å². The number of aromatic nitrogens is 1. The van der Waals surface area contributed by atoms with Gasteiger partial charge in [0.25, 0.3) is 0 Å². The van der Waals surface area contributed by atoms with Gasteiger partial charge in [0.2, 0.25) is 11.8 Å². The number of carbonyl (C=O) groups excluding carboxylic acids is 2. The molecule has 1 unspecified atom stereocenters. The van der Waals surface area contributed by atoms with Crippen molar-refractivity contribution >= 4 is 33.6 Å². The zero-order chi connectivity index (χ0) is 20.7. The molecular formula is C20H24BrN3O4. The predicted octanol–water partition coefficient (Wildman–Crippen LogP) is 3.93. The standard InChI is InChI=1S/C20H24BrN3O4/c1-20(2,3)28-19(26)24-15(10-13-8-6-5-7-9-13)17(25)23-16-11-14(21)12-22-18(16)27-4/h5-9,11-12,15H,10H2,1-4H3,(H,23,25)(H,24,26). The number of amides is 2. The molecule has 0 aliphatic carbocycles. The Morgan fingerprint density at radius 2 is 1.89 bits per heavy atom. The summed E-state index contributed by atoms with van der Waals surface area (Å²) in [5.41, 5.74) is 0.624. The number of alkyl carbamates (subject to hydrolysis) is 1. The van der Waals surface area contributed by atoms with E-state index in [2.05, 4.69) is 31.5 Å². The zero-order valence-electron chi connectivity index (χ0n) is 16.3. The Morgan fingerprint density at radius 3 is 2.50 bits per heavy atom. The van der Waals surface area contributed by atoms with Crippen LogP contribution in [0.5, 0.6) is 5.88 Å². The average Bonchev–Trinajstić information content (AvgIpc) is 2.60. The van der Waals surface area contributed by atoms with E-state index in [0.717, 1.165) is 5.56 Å². The van der Waals surface area contributed by atoms with E-state index < -0.39 is 23.6 Å². The van der Waals surface area contributed by atoms with Gasteiger partial charge in [0.05, 0.1) is 7.11 Å². The molecule has 150 valence electrons. The molecule has 0 aliphatic heterocycles. The van der Waals surface area contributed by atoms with Gasteiger partial charge in [-0.2, -0.15) is 0 Å². The van der Waals surface area contributed by atoms with Crippen LogP contribution in [0.4, 0.5) is 10.5 Å². The van der Waals surface area contributed by atoms with E-state index in [1.165, 1.54) is 7.11 Å². The first-order chi connectivity index (χ1) is 13.2. The lowest BCUT2D eigenvalue weighted by molar-refractivity contribution is -0.118. The topological polar surface area (TPSA) is 89.5 Å². The van der Waals surface area contributed by atoms with Crippen LogP contribution in [0.3, 0.4) is 0 Å². The van der Waals surface area contributed by atoms with E-state index in [-0.39, 0.29) is 5.88 Å². The fourth-order valence-corrected chi connectivity index (χ4v) is 2.74. The van der Waals surface area contributed by atoms with Crippen molar-refractivity contribution in [3.05, 3.63) is 52.6 Å². The third kappa shape index (κ3) is 6.84. The fraction of sp³-hybridized carbons (Fsp3) is 0.350. The molecule has 0 bridgehead atoms. The summed E-state index contributed by atoms with van der Waals surface area (Å²) < 4.78 is 11.2. The molecular weight excluding hydrogens is 426 g/mol. The van der Waals surface area contributed by atoms with Crippen molar-refractivity contribution in [2.24, 2.45) is 0 Å². The van der Waals surface area contributed by atoms with Gasteiger partial charge in [-0.3, -0.25) is 4.79 Å². The maximum atomic E-state index is 12.9. The van der Waals surface area contributed by atoms with Gasteiger partial charge in [-0.1, -0.05) is 30.3 Å². The number of hydrogen-bond acceptors (Lipinski definition) is 5. The minimum Gasteiger partial charge on any atom is -0.480 e. The van der Waals surface area contributed by atoms with Crippen molar-refractivity contribution in [1.29, 1.82) is 0 Å². The van der Waals surface area contributed by atoms with E-state index in [0.29, 0.717) is 16.6 Å². The van der Waals surface area contributed by atoms with Crippen molar-refractivity contribution in [1.82, 2.24) is 10.3 Å². The normalized spacial score (nSPS) is 12.0. The number of anilines is 1. The second kappa shape index (κ2) is 9.54. The SMILES string of the molecule is COc1ncc(Br)cc1NC(=O)C(Cc1ccccc1)NC(=O)OC(C)(C)C. The minimum absolute atomic E-state index is 0.271. The van der Waals surface area contributed by atoms with Crippen molar-refractivity contribution < 1.29 is 19.1 Å². The van der Waals surface area contributed by atoms with Gasteiger partial charge < -0.3 is 20.1 Å². The monoisotopic (exact) mass is 449 g/mol. The summed E-state index contributed by atoms with van der Waals surface area (Å²) in [6, 6.07) is 10.2. The number of halogens is 1.